The molecule has 0 radical (unpaired) electrons. The second kappa shape index (κ2) is 6.29. The Labute approximate surface area is 146 Å². The van der Waals surface area contributed by atoms with Crippen LogP contribution in [0.15, 0.2) is 48.8 Å². The van der Waals surface area contributed by atoms with Crippen LogP contribution in [0.3, 0.4) is 0 Å². The number of nitrogens with zero attached hydrogens (tertiary/aromatic N) is 2. The Kier molecular flexibility index (Phi) is 4.33. The van der Waals surface area contributed by atoms with Crippen LogP contribution in [0.2, 0.25) is 5.02 Å². The van der Waals surface area contributed by atoms with Gasteiger partial charge in [-0.2, -0.15) is 0 Å². The predicted molar refractivity (Wildman–Crippen MR) is 96.5 cm³/mol. The number of hydrogen-bond donors (Lipinski definition) is 1. The summed E-state index contributed by atoms with van der Waals surface area (Å²) in [5, 5.41) is 3.54. The van der Waals surface area contributed by atoms with Gasteiger partial charge in [0, 0.05) is 23.0 Å². The SMILES string of the molecule is CC(C)(C)c1ccc(C(=O)NCc2cn3ccc(Cl)cc3n2)cc1. The Morgan fingerprint density at radius 1 is 1.21 bits per heavy atom. The van der Waals surface area contributed by atoms with Gasteiger partial charge in [0.1, 0.15) is 5.65 Å². The molecule has 3 rings (SSSR count). The highest BCUT2D eigenvalue weighted by Gasteiger charge is 2.14. The van der Waals surface area contributed by atoms with Crippen LogP contribution in [-0.2, 0) is 12.0 Å². The van der Waals surface area contributed by atoms with E-state index in [1.807, 2.05) is 41.1 Å². The first kappa shape index (κ1) is 16.5. The van der Waals surface area contributed by atoms with Gasteiger partial charge < -0.3 is 9.72 Å². The molecule has 1 amide bonds. The third-order valence-electron chi connectivity index (χ3n) is 3.92. The van der Waals surface area contributed by atoms with E-state index in [1.54, 1.807) is 12.1 Å². The van der Waals surface area contributed by atoms with Crippen LogP contribution in [0.25, 0.3) is 5.65 Å². The molecule has 2 aromatic heterocycles. The molecular weight excluding hydrogens is 322 g/mol. The van der Waals surface area contributed by atoms with Crippen molar-refractivity contribution in [3.8, 4) is 0 Å². The lowest BCUT2D eigenvalue weighted by Gasteiger charge is -2.19. The number of halogens is 1. The van der Waals surface area contributed by atoms with Crippen molar-refractivity contribution in [3.63, 3.8) is 0 Å². The fraction of sp³-hybridized carbons (Fsp3) is 0.263. The maximum Gasteiger partial charge on any atom is 0.251 e. The van der Waals surface area contributed by atoms with Gasteiger partial charge in [-0.1, -0.05) is 44.5 Å². The predicted octanol–water partition coefficient (Wildman–Crippen LogP) is 4.22. The first-order valence-corrected chi connectivity index (χ1v) is 8.22. The second-order valence-electron chi connectivity index (χ2n) is 6.85. The molecule has 0 saturated heterocycles. The van der Waals surface area contributed by atoms with E-state index in [0.29, 0.717) is 17.1 Å². The number of benzene rings is 1. The Morgan fingerprint density at radius 3 is 2.58 bits per heavy atom. The number of pyridine rings is 1. The molecule has 4 nitrogen and oxygen atoms in total. The maximum absolute atomic E-state index is 12.3. The van der Waals surface area contributed by atoms with Crippen molar-refractivity contribution in [3.05, 3.63) is 70.6 Å². The molecule has 124 valence electrons. The van der Waals surface area contributed by atoms with Gasteiger partial charge in [0.2, 0.25) is 0 Å². The number of imidazole rings is 1. The summed E-state index contributed by atoms with van der Waals surface area (Å²) in [4.78, 5) is 16.7. The second-order valence-corrected chi connectivity index (χ2v) is 7.29. The van der Waals surface area contributed by atoms with Crippen molar-refractivity contribution < 1.29 is 4.79 Å². The van der Waals surface area contributed by atoms with Crippen LogP contribution in [0.1, 0.15) is 42.4 Å². The smallest absolute Gasteiger partial charge is 0.251 e. The molecule has 0 saturated carbocycles. The summed E-state index contributed by atoms with van der Waals surface area (Å²) in [6.07, 6.45) is 3.73. The van der Waals surface area contributed by atoms with E-state index in [-0.39, 0.29) is 11.3 Å². The quantitative estimate of drug-likeness (QED) is 0.775. The van der Waals surface area contributed by atoms with E-state index in [1.165, 1.54) is 5.56 Å². The van der Waals surface area contributed by atoms with Crippen LogP contribution in [-0.4, -0.2) is 15.3 Å². The fourth-order valence-electron chi connectivity index (χ4n) is 2.49. The minimum Gasteiger partial charge on any atom is -0.346 e. The van der Waals surface area contributed by atoms with Crippen molar-refractivity contribution in [2.45, 2.75) is 32.7 Å². The number of nitrogens with one attached hydrogen (secondary N) is 1. The number of aromatic nitrogens is 2. The van der Waals surface area contributed by atoms with Crippen molar-refractivity contribution in [2.24, 2.45) is 0 Å². The van der Waals surface area contributed by atoms with Gasteiger partial charge in [0.05, 0.1) is 12.2 Å². The lowest BCUT2D eigenvalue weighted by molar-refractivity contribution is 0.0950. The van der Waals surface area contributed by atoms with Gasteiger partial charge >= 0.3 is 0 Å². The highest BCUT2D eigenvalue weighted by Crippen LogP contribution is 2.22. The van der Waals surface area contributed by atoms with Crippen LogP contribution in [0.4, 0.5) is 0 Å². The van der Waals surface area contributed by atoms with Crippen molar-refractivity contribution in [1.82, 2.24) is 14.7 Å². The molecule has 2 heterocycles. The zero-order valence-corrected chi connectivity index (χ0v) is 14.8. The highest BCUT2D eigenvalue weighted by atomic mass is 35.5. The van der Waals surface area contributed by atoms with E-state index in [0.717, 1.165) is 11.3 Å². The van der Waals surface area contributed by atoms with Crippen LogP contribution >= 0.6 is 11.6 Å². The molecule has 0 fully saturated rings. The van der Waals surface area contributed by atoms with Gasteiger partial charge in [0.25, 0.3) is 5.91 Å². The molecule has 24 heavy (non-hydrogen) atoms. The van der Waals surface area contributed by atoms with Crippen molar-refractivity contribution >= 4 is 23.2 Å². The molecule has 3 aromatic rings. The summed E-state index contributed by atoms with van der Waals surface area (Å²) >= 11 is 5.96. The van der Waals surface area contributed by atoms with Gasteiger partial charge in [-0.15, -0.1) is 0 Å². The third-order valence-corrected chi connectivity index (χ3v) is 4.15. The standard InChI is InChI=1S/C19H20ClN3O/c1-19(2,3)14-6-4-13(5-7-14)18(24)21-11-16-12-23-9-8-15(20)10-17(23)22-16/h4-10,12H,11H2,1-3H3,(H,21,24). The lowest BCUT2D eigenvalue weighted by Crippen LogP contribution is -2.23. The normalized spacial score (nSPS) is 11.7. The van der Waals surface area contributed by atoms with Crippen LogP contribution < -0.4 is 5.32 Å². The van der Waals surface area contributed by atoms with E-state index in [9.17, 15) is 4.79 Å². The van der Waals surface area contributed by atoms with Crippen molar-refractivity contribution in [2.75, 3.05) is 0 Å². The number of carbonyl (C=O) groups excluding carboxylic acids is 1. The average Bonchev–Trinajstić information content (AvgIpc) is 2.94. The molecule has 0 atom stereocenters. The van der Waals surface area contributed by atoms with Gasteiger partial charge in [-0.3, -0.25) is 4.79 Å². The maximum atomic E-state index is 12.3. The lowest BCUT2D eigenvalue weighted by atomic mass is 9.87. The number of carbonyl (C=O) groups is 1. The molecule has 0 aliphatic heterocycles. The zero-order valence-electron chi connectivity index (χ0n) is 14.0. The molecule has 0 aliphatic carbocycles. The Bertz CT molecular complexity index is 876. The van der Waals surface area contributed by atoms with Gasteiger partial charge in [-0.05, 0) is 35.2 Å². The topological polar surface area (TPSA) is 46.4 Å². The Hall–Kier alpha value is -2.33. The summed E-state index contributed by atoms with van der Waals surface area (Å²) in [5.41, 5.74) is 3.48. The molecule has 0 unspecified atom stereocenters. The highest BCUT2D eigenvalue weighted by molar-refractivity contribution is 6.30. The average molecular weight is 342 g/mol. The molecule has 5 heteroatoms. The summed E-state index contributed by atoms with van der Waals surface area (Å²) in [7, 11) is 0. The minimum atomic E-state index is -0.106. The van der Waals surface area contributed by atoms with E-state index in [4.69, 9.17) is 11.6 Å². The number of rotatable bonds is 3. The number of hydrogen-bond acceptors (Lipinski definition) is 2. The van der Waals surface area contributed by atoms with Gasteiger partial charge in [-0.25, -0.2) is 4.98 Å². The monoisotopic (exact) mass is 341 g/mol. The largest absolute Gasteiger partial charge is 0.346 e. The Balaban J connectivity index is 1.68. The molecule has 0 aliphatic rings. The first-order valence-electron chi connectivity index (χ1n) is 7.85. The van der Waals surface area contributed by atoms with Crippen LogP contribution in [0.5, 0.6) is 0 Å². The third kappa shape index (κ3) is 3.60. The first-order chi connectivity index (χ1) is 11.3. The minimum absolute atomic E-state index is 0.0762. The van der Waals surface area contributed by atoms with E-state index >= 15 is 0 Å². The molecular formula is C19H20ClN3O. The van der Waals surface area contributed by atoms with E-state index < -0.39 is 0 Å². The van der Waals surface area contributed by atoms with E-state index in [2.05, 4.69) is 31.1 Å². The summed E-state index contributed by atoms with van der Waals surface area (Å²) in [6.45, 7) is 6.83. The summed E-state index contributed by atoms with van der Waals surface area (Å²) in [5.74, 6) is -0.106. The zero-order chi connectivity index (χ0) is 17.3. The van der Waals surface area contributed by atoms with Gasteiger partial charge in [0.15, 0.2) is 0 Å². The molecule has 0 bridgehead atoms. The summed E-state index contributed by atoms with van der Waals surface area (Å²) in [6, 6.07) is 11.3. The molecule has 1 N–H and O–H groups in total. The molecule has 1 aromatic carbocycles. The number of fused-ring (bicyclic) bond motifs is 1. The number of amides is 1. The molecule has 0 spiro atoms. The van der Waals surface area contributed by atoms with Crippen LogP contribution in [0, 0.1) is 0 Å². The Morgan fingerprint density at radius 2 is 1.92 bits per heavy atom. The fourth-order valence-corrected chi connectivity index (χ4v) is 2.64. The van der Waals surface area contributed by atoms with Crippen molar-refractivity contribution in [1.29, 1.82) is 0 Å². The summed E-state index contributed by atoms with van der Waals surface area (Å²) < 4.78 is 1.88.